The van der Waals surface area contributed by atoms with E-state index < -0.39 is 17.5 Å². The van der Waals surface area contributed by atoms with Crippen LogP contribution in [0.5, 0.6) is 0 Å². The van der Waals surface area contributed by atoms with Crippen LogP contribution in [0.15, 0.2) is 40.9 Å². The Morgan fingerprint density at radius 1 is 1.21 bits per heavy atom. The van der Waals surface area contributed by atoms with E-state index in [4.69, 9.17) is 0 Å². The van der Waals surface area contributed by atoms with E-state index in [0.29, 0.717) is 10.0 Å². The van der Waals surface area contributed by atoms with Gasteiger partial charge in [0.1, 0.15) is 11.6 Å². The number of carbonyl (C=O) groups is 1. The molecule has 0 unspecified atom stereocenters. The van der Waals surface area contributed by atoms with E-state index in [1.54, 1.807) is 25.1 Å². The summed E-state index contributed by atoms with van der Waals surface area (Å²) in [5.41, 5.74) is 0.264. The van der Waals surface area contributed by atoms with Gasteiger partial charge in [-0.2, -0.15) is 0 Å². The zero-order chi connectivity index (χ0) is 14.0. The first-order chi connectivity index (χ1) is 8.99. The lowest BCUT2D eigenvalue weighted by Crippen LogP contribution is -2.15. The molecular weight excluding hydrogens is 316 g/mol. The van der Waals surface area contributed by atoms with Crippen LogP contribution in [-0.2, 0) is 0 Å². The average Bonchev–Trinajstić information content (AvgIpc) is 2.36. The lowest BCUT2D eigenvalue weighted by atomic mass is 10.1. The minimum atomic E-state index is -0.678. The molecule has 1 amide bonds. The van der Waals surface area contributed by atoms with Crippen molar-refractivity contribution in [2.75, 3.05) is 5.32 Å². The number of carbonyl (C=O) groups excluding carboxylic acids is 1. The summed E-state index contributed by atoms with van der Waals surface area (Å²) in [6.45, 7) is 1.56. The van der Waals surface area contributed by atoms with Crippen LogP contribution < -0.4 is 5.32 Å². The number of amides is 1. The van der Waals surface area contributed by atoms with Crippen LogP contribution in [-0.4, -0.2) is 5.91 Å². The first kappa shape index (κ1) is 13.7. The van der Waals surface area contributed by atoms with Crippen molar-refractivity contribution in [3.05, 3.63) is 63.6 Å². The Kier molecular flexibility index (Phi) is 3.95. The zero-order valence-electron chi connectivity index (χ0n) is 10.0. The smallest absolute Gasteiger partial charge is 0.258 e. The third kappa shape index (κ3) is 2.98. The predicted molar refractivity (Wildman–Crippen MR) is 73.2 cm³/mol. The molecule has 0 aliphatic rings. The van der Waals surface area contributed by atoms with Crippen molar-refractivity contribution >= 4 is 27.5 Å². The van der Waals surface area contributed by atoms with Gasteiger partial charge in [-0.05, 0) is 36.8 Å². The number of nitrogens with one attached hydrogen (secondary N) is 1. The molecule has 0 heterocycles. The molecule has 0 aromatic heterocycles. The minimum Gasteiger partial charge on any atom is -0.319 e. The van der Waals surface area contributed by atoms with Crippen LogP contribution in [0.4, 0.5) is 14.5 Å². The van der Waals surface area contributed by atoms with E-state index >= 15 is 0 Å². The number of aryl methyl sites for hydroxylation is 1. The van der Waals surface area contributed by atoms with Gasteiger partial charge in [0.15, 0.2) is 0 Å². The van der Waals surface area contributed by atoms with Crippen LogP contribution in [0, 0.1) is 18.6 Å². The van der Waals surface area contributed by atoms with E-state index in [1.807, 2.05) is 0 Å². The summed E-state index contributed by atoms with van der Waals surface area (Å²) in [6.07, 6.45) is 0. The highest BCUT2D eigenvalue weighted by Crippen LogP contribution is 2.21. The lowest BCUT2D eigenvalue weighted by Gasteiger charge is -2.08. The summed E-state index contributed by atoms with van der Waals surface area (Å²) in [4.78, 5) is 11.9. The highest BCUT2D eigenvalue weighted by atomic mass is 79.9. The van der Waals surface area contributed by atoms with Gasteiger partial charge in [-0.3, -0.25) is 4.79 Å². The predicted octanol–water partition coefficient (Wildman–Crippen LogP) is 4.29. The Bertz CT molecular complexity index is 643. The van der Waals surface area contributed by atoms with Crippen molar-refractivity contribution in [1.82, 2.24) is 0 Å². The fourth-order valence-electron chi connectivity index (χ4n) is 1.60. The van der Waals surface area contributed by atoms with Crippen LogP contribution in [0.1, 0.15) is 15.9 Å². The number of halogens is 3. The average molecular weight is 326 g/mol. The fraction of sp³-hybridized carbons (Fsp3) is 0.0714. The van der Waals surface area contributed by atoms with Gasteiger partial charge in [-0.15, -0.1) is 0 Å². The quantitative estimate of drug-likeness (QED) is 0.876. The molecule has 19 heavy (non-hydrogen) atoms. The molecule has 5 heteroatoms. The van der Waals surface area contributed by atoms with E-state index in [2.05, 4.69) is 21.2 Å². The summed E-state index contributed by atoms with van der Waals surface area (Å²) in [5, 5.41) is 2.35. The van der Waals surface area contributed by atoms with Crippen molar-refractivity contribution in [2.45, 2.75) is 6.92 Å². The molecule has 98 valence electrons. The Hall–Kier alpha value is -1.75. The van der Waals surface area contributed by atoms with Crippen molar-refractivity contribution in [3.8, 4) is 0 Å². The molecule has 2 aromatic carbocycles. The molecule has 0 fully saturated rings. The third-order valence-corrected chi connectivity index (χ3v) is 3.11. The first-order valence-electron chi connectivity index (χ1n) is 5.50. The van der Waals surface area contributed by atoms with Crippen molar-refractivity contribution in [1.29, 1.82) is 0 Å². The zero-order valence-corrected chi connectivity index (χ0v) is 11.6. The number of hydrogen-bond acceptors (Lipinski definition) is 1. The Morgan fingerprint density at radius 2 is 1.95 bits per heavy atom. The van der Waals surface area contributed by atoms with E-state index in [1.165, 1.54) is 18.2 Å². The third-order valence-electron chi connectivity index (χ3n) is 2.62. The fourth-order valence-corrected chi connectivity index (χ4v) is 1.94. The van der Waals surface area contributed by atoms with Gasteiger partial charge in [0.05, 0.1) is 11.3 Å². The van der Waals surface area contributed by atoms with Crippen LogP contribution in [0.2, 0.25) is 0 Å². The summed E-state index contributed by atoms with van der Waals surface area (Å²) in [6, 6.07) is 8.71. The topological polar surface area (TPSA) is 29.1 Å². The van der Waals surface area contributed by atoms with Crippen LogP contribution in [0.25, 0.3) is 0 Å². The molecule has 0 saturated carbocycles. The lowest BCUT2D eigenvalue weighted by molar-refractivity contribution is 0.102. The maximum atomic E-state index is 13.8. The summed E-state index contributed by atoms with van der Waals surface area (Å²) in [5.74, 6) is -1.87. The van der Waals surface area contributed by atoms with Crippen LogP contribution >= 0.6 is 15.9 Å². The van der Waals surface area contributed by atoms with Crippen molar-refractivity contribution < 1.29 is 13.6 Å². The monoisotopic (exact) mass is 325 g/mol. The molecule has 1 N–H and O–H groups in total. The second-order valence-electron chi connectivity index (χ2n) is 4.01. The summed E-state index contributed by atoms with van der Waals surface area (Å²) >= 11 is 3.12. The normalized spacial score (nSPS) is 10.3. The van der Waals surface area contributed by atoms with E-state index in [0.717, 1.165) is 0 Å². The molecule has 0 spiro atoms. The molecule has 0 atom stereocenters. The number of rotatable bonds is 2. The van der Waals surface area contributed by atoms with Gasteiger partial charge in [0.25, 0.3) is 5.91 Å². The first-order valence-corrected chi connectivity index (χ1v) is 6.30. The van der Waals surface area contributed by atoms with E-state index in [-0.39, 0.29) is 11.3 Å². The second-order valence-corrected chi connectivity index (χ2v) is 4.93. The Morgan fingerprint density at radius 3 is 2.63 bits per heavy atom. The number of hydrogen-bond donors (Lipinski definition) is 1. The molecule has 0 saturated heterocycles. The van der Waals surface area contributed by atoms with Gasteiger partial charge in [0, 0.05) is 4.47 Å². The Balaban J connectivity index is 2.28. The molecule has 0 aliphatic heterocycles. The summed E-state index contributed by atoms with van der Waals surface area (Å²) < 4.78 is 27.9. The largest absolute Gasteiger partial charge is 0.319 e. The van der Waals surface area contributed by atoms with Gasteiger partial charge < -0.3 is 5.32 Å². The molecular formula is C14H10BrF2NO. The standard InChI is InChI=1S/C14H10BrF2NO/c1-8-3-2-4-10(13(8)17)14(19)18-12-6-5-9(15)7-11(12)16/h2-7H,1H3,(H,18,19). The van der Waals surface area contributed by atoms with Gasteiger partial charge >= 0.3 is 0 Å². The molecule has 0 radical (unpaired) electrons. The highest BCUT2D eigenvalue weighted by Gasteiger charge is 2.14. The molecule has 0 bridgehead atoms. The van der Waals surface area contributed by atoms with Gasteiger partial charge in [-0.1, -0.05) is 28.1 Å². The maximum Gasteiger partial charge on any atom is 0.258 e. The van der Waals surface area contributed by atoms with Crippen molar-refractivity contribution in [2.24, 2.45) is 0 Å². The molecule has 2 aromatic rings. The highest BCUT2D eigenvalue weighted by molar-refractivity contribution is 9.10. The van der Waals surface area contributed by atoms with Crippen LogP contribution in [0.3, 0.4) is 0 Å². The van der Waals surface area contributed by atoms with Gasteiger partial charge in [0.2, 0.25) is 0 Å². The SMILES string of the molecule is Cc1cccc(C(=O)Nc2ccc(Br)cc2F)c1F. The minimum absolute atomic E-state index is 0.00843. The number of benzene rings is 2. The Labute approximate surface area is 117 Å². The maximum absolute atomic E-state index is 13.8. The van der Waals surface area contributed by atoms with Crippen molar-refractivity contribution in [3.63, 3.8) is 0 Å². The number of anilines is 1. The summed E-state index contributed by atoms with van der Waals surface area (Å²) in [7, 11) is 0. The molecule has 2 rings (SSSR count). The van der Waals surface area contributed by atoms with E-state index in [9.17, 15) is 13.6 Å². The van der Waals surface area contributed by atoms with Gasteiger partial charge in [-0.25, -0.2) is 8.78 Å². The molecule has 2 nitrogen and oxygen atoms in total. The second kappa shape index (κ2) is 5.48. The molecule has 0 aliphatic carbocycles.